The molecule has 3 aromatic rings. The van der Waals surface area contributed by atoms with E-state index in [0.29, 0.717) is 6.54 Å². The number of imidazole rings is 1. The molecule has 1 aromatic heterocycles. The molecule has 2 aromatic carbocycles. The van der Waals surface area contributed by atoms with Gasteiger partial charge in [0.2, 0.25) is 0 Å². The number of aliphatic hydroxyl groups is 1. The fraction of sp³-hybridized carbons (Fsp3) is 0.300. The van der Waals surface area contributed by atoms with Gasteiger partial charge in [0, 0.05) is 30.7 Å². The van der Waals surface area contributed by atoms with Crippen LogP contribution in [-0.4, -0.2) is 51.6 Å². The first kappa shape index (κ1) is 18.2. The SMILES string of the molecule is O=C(NCC(O)CN1CCc2ccccc2C1)c1nc2ccc(Br)cc2[nH]1. The van der Waals surface area contributed by atoms with Crippen LogP contribution in [0.1, 0.15) is 21.7 Å². The number of halogens is 1. The number of rotatable bonds is 5. The molecule has 0 radical (unpaired) electrons. The van der Waals surface area contributed by atoms with E-state index in [9.17, 15) is 9.90 Å². The second kappa shape index (κ2) is 7.80. The molecule has 3 N–H and O–H groups in total. The Morgan fingerprint density at radius 3 is 2.96 bits per heavy atom. The van der Waals surface area contributed by atoms with Crippen LogP contribution in [0, 0.1) is 0 Å². The smallest absolute Gasteiger partial charge is 0.287 e. The lowest BCUT2D eigenvalue weighted by molar-refractivity contribution is 0.0835. The highest BCUT2D eigenvalue weighted by molar-refractivity contribution is 9.10. The Hall–Kier alpha value is -2.22. The van der Waals surface area contributed by atoms with E-state index >= 15 is 0 Å². The molecule has 1 unspecified atom stereocenters. The molecule has 1 atom stereocenters. The minimum atomic E-state index is -0.627. The van der Waals surface area contributed by atoms with Gasteiger partial charge in [0.1, 0.15) is 0 Å². The number of H-pyrrole nitrogens is 1. The van der Waals surface area contributed by atoms with Crippen molar-refractivity contribution in [2.75, 3.05) is 19.6 Å². The van der Waals surface area contributed by atoms with Crippen LogP contribution in [0.15, 0.2) is 46.9 Å². The highest BCUT2D eigenvalue weighted by atomic mass is 79.9. The summed E-state index contributed by atoms with van der Waals surface area (Å²) in [5.41, 5.74) is 4.22. The number of β-amino-alcohol motifs (C(OH)–C–C–N with tert-alkyl or cyclic N) is 1. The number of carbonyl (C=O) groups excluding carboxylic acids is 1. The molecule has 2 heterocycles. The summed E-state index contributed by atoms with van der Waals surface area (Å²) < 4.78 is 0.920. The van der Waals surface area contributed by atoms with Gasteiger partial charge >= 0.3 is 0 Å². The molecule has 1 aliphatic rings. The topological polar surface area (TPSA) is 81.2 Å². The van der Waals surface area contributed by atoms with Gasteiger partial charge in [-0.3, -0.25) is 9.69 Å². The predicted octanol–water partition coefficient (Wildman–Crippen LogP) is 2.47. The number of hydrogen-bond donors (Lipinski definition) is 3. The maximum Gasteiger partial charge on any atom is 0.287 e. The summed E-state index contributed by atoms with van der Waals surface area (Å²) in [4.78, 5) is 21.8. The molecule has 0 fully saturated rings. The Balaban J connectivity index is 1.31. The molecule has 140 valence electrons. The second-order valence-corrected chi connectivity index (χ2v) is 7.78. The number of amides is 1. The average molecular weight is 429 g/mol. The summed E-state index contributed by atoms with van der Waals surface area (Å²) in [7, 11) is 0. The first-order valence-corrected chi connectivity index (χ1v) is 9.78. The Labute approximate surface area is 165 Å². The van der Waals surface area contributed by atoms with Gasteiger partial charge in [-0.2, -0.15) is 0 Å². The van der Waals surface area contributed by atoms with Crippen LogP contribution < -0.4 is 5.32 Å². The van der Waals surface area contributed by atoms with Crippen molar-refractivity contribution in [3.63, 3.8) is 0 Å². The van der Waals surface area contributed by atoms with Crippen LogP contribution in [0.25, 0.3) is 11.0 Å². The first-order chi connectivity index (χ1) is 13.1. The van der Waals surface area contributed by atoms with E-state index in [2.05, 4.69) is 54.3 Å². The summed E-state index contributed by atoms with van der Waals surface area (Å²) in [6.07, 6.45) is 0.363. The number of fused-ring (bicyclic) bond motifs is 2. The number of benzene rings is 2. The monoisotopic (exact) mass is 428 g/mol. The minimum Gasteiger partial charge on any atom is -0.390 e. The van der Waals surface area contributed by atoms with E-state index in [4.69, 9.17) is 0 Å². The molecule has 7 heteroatoms. The quantitative estimate of drug-likeness (QED) is 0.582. The fourth-order valence-corrected chi connectivity index (χ4v) is 3.82. The largest absolute Gasteiger partial charge is 0.390 e. The lowest BCUT2D eigenvalue weighted by Gasteiger charge is -2.30. The number of nitrogens with one attached hydrogen (secondary N) is 2. The van der Waals surface area contributed by atoms with Crippen LogP contribution in [0.2, 0.25) is 0 Å². The zero-order chi connectivity index (χ0) is 18.8. The van der Waals surface area contributed by atoms with Crippen LogP contribution in [0.3, 0.4) is 0 Å². The van der Waals surface area contributed by atoms with Crippen molar-refractivity contribution in [2.24, 2.45) is 0 Å². The van der Waals surface area contributed by atoms with Crippen molar-refractivity contribution in [3.05, 3.63) is 63.9 Å². The number of aromatic amines is 1. The predicted molar refractivity (Wildman–Crippen MR) is 108 cm³/mol. The third-order valence-electron chi connectivity index (χ3n) is 4.84. The molecule has 27 heavy (non-hydrogen) atoms. The molecule has 0 aliphatic carbocycles. The van der Waals surface area contributed by atoms with Crippen LogP contribution in [-0.2, 0) is 13.0 Å². The summed E-state index contributed by atoms with van der Waals surface area (Å²) in [5, 5.41) is 13.1. The highest BCUT2D eigenvalue weighted by Gasteiger charge is 2.19. The summed E-state index contributed by atoms with van der Waals surface area (Å²) in [5.74, 6) is -0.0624. The lowest BCUT2D eigenvalue weighted by atomic mass is 10.00. The highest BCUT2D eigenvalue weighted by Crippen LogP contribution is 2.19. The second-order valence-electron chi connectivity index (χ2n) is 6.86. The zero-order valence-electron chi connectivity index (χ0n) is 14.8. The van der Waals surface area contributed by atoms with E-state index in [-0.39, 0.29) is 18.3 Å². The van der Waals surface area contributed by atoms with Crippen molar-refractivity contribution < 1.29 is 9.90 Å². The summed E-state index contributed by atoms with van der Waals surface area (Å²) >= 11 is 3.40. The molecular weight excluding hydrogens is 408 g/mol. The normalized spacial score (nSPS) is 15.5. The minimum absolute atomic E-state index is 0.192. The van der Waals surface area contributed by atoms with E-state index < -0.39 is 6.10 Å². The Kier molecular flexibility index (Phi) is 5.24. The Morgan fingerprint density at radius 1 is 1.30 bits per heavy atom. The number of aromatic nitrogens is 2. The number of aliphatic hydroxyl groups excluding tert-OH is 1. The van der Waals surface area contributed by atoms with Gasteiger partial charge in [-0.1, -0.05) is 40.2 Å². The summed E-state index contributed by atoms with van der Waals surface area (Å²) in [6.45, 7) is 2.47. The maximum atomic E-state index is 12.3. The molecule has 0 spiro atoms. The Morgan fingerprint density at radius 2 is 2.11 bits per heavy atom. The molecule has 4 rings (SSSR count). The molecule has 6 nitrogen and oxygen atoms in total. The van der Waals surface area contributed by atoms with E-state index in [1.165, 1.54) is 11.1 Å². The van der Waals surface area contributed by atoms with Crippen molar-refractivity contribution in [1.29, 1.82) is 0 Å². The number of nitrogens with zero attached hydrogens (tertiary/aromatic N) is 2. The number of hydrogen-bond acceptors (Lipinski definition) is 4. The van der Waals surface area contributed by atoms with Gasteiger partial charge in [-0.15, -0.1) is 0 Å². The van der Waals surface area contributed by atoms with Crippen LogP contribution in [0.5, 0.6) is 0 Å². The van der Waals surface area contributed by atoms with Crippen LogP contribution in [0.4, 0.5) is 0 Å². The van der Waals surface area contributed by atoms with Gasteiger partial charge in [0.15, 0.2) is 5.82 Å². The van der Waals surface area contributed by atoms with Gasteiger partial charge in [-0.25, -0.2) is 4.98 Å². The fourth-order valence-electron chi connectivity index (χ4n) is 3.46. The van der Waals surface area contributed by atoms with Gasteiger partial charge in [0.05, 0.1) is 17.1 Å². The van der Waals surface area contributed by atoms with Crippen LogP contribution >= 0.6 is 15.9 Å². The standard InChI is InChI=1S/C20H21BrN4O2/c21-15-5-6-17-18(9-15)24-19(23-17)20(27)22-10-16(26)12-25-8-7-13-3-1-2-4-14(13)11-25/h1-6,9,16,26H,7-8,10-12H2,(H,22,27)(H,23,24). The lowest BCUT2D eigenvalue weighted by Crippen LogP contribution is -2.42. The van der Waals surface area contributed by atoms with E-state index in [1.807, 2.05) is 24.3 Å². The van der Waals surface area contributed by atoms with Crippen molar-refractivity contribution in [2.45, 2.75) is 19.1 Å². The van der Waals surface area contributed by atoms with E-state index in [1.54, 1.807) is 0 Å². The molecule has 1 aliphatic heterocycles. The maximum absolute atomic E-state index is 12.3. The third kappa shape index (κ3) is 4.21. The van der Waals surface area contributed by atoms with Gasteiger partial charge in [-0.05, 0) is 35.7 Å². The van der Waals surface area contributed by atoms with Gasteiger partial charge in [0.25, 0.3) is 5.91 Å². The van der Waals surface area contributed by atoms with Crippen molar-refractivity contribution in [3.8, 4) is 0 Å². The summed E-state index contributed by atoms with van der Waals surface area (Å²) in [6, 6.07) is 14.0. The van der Waals surface area contributed by atoms with E-state index in [0.717, 1.165) is 35.0 Å². The van der Waals surface area contributed by atoms with Crippen molar-refractivity contribution >= 4 is 32.9 Å². The molecule has 1 amide bonds. The van der Waals surface area contributed by atoms with Gasteiger partial charge < -0.3 is 15.4 Å². The number of carbonyl (C=O) groups is 1. The Bertz CT molecular complexity index is 972. The molecular formula is C20H21BrN4O2. The molecule has 0 bridgehead atoms. The zero-order valence-corrected chi connectivity index (χ0v) is 16.4. The average Bonchev–Trinajstić information content (AvgIpc) is 3.09. The first-order valence-electron chi connectivity index (χ1n) is 8.99. The third-order valence-corrected chi connectivity index (χ3v) is 5.33. The molecule has 0 saturated heterocycles. The molecule has 0 saturated carbocycles. The van der Waals surface area contributed by atoms with Crippen molar-refractivity contribution in [1.82, 2.24) is 20.2 Å².